The number of halogens is 4. The van der Waals surface area contributed by atoms with E-state index in [0.717, 1.165) is 156 Å². The molecule has 0 aliphatic heterocycles. The number of phenols is 1. The molecule has 0 radical (unpaired) electrons. The van der Waals surface area contributed by atoms with Gasteiger partial charge in [-0.05, 0) is 190 Å². The molecule has 0 amide bonds. The molecule has 18 aromatic rings. The first-order valence-corrected chi connectivity index (χ1v) is 42.9. The first-order valence-electron chi connectivity index (χ1n) is 41.7. The zero-order chi connectivity index (χ0) is 94.7. The van der Waals surface area contributed by atoms with Crippen molar-refractivity contribution < 1.29 is 51.1 Å². The second-order valence-corrected chi connectivity index (χ2v) is 30.9. The van der Waals surface area contributed by atoms with Gasteiger partial charge in [-0.2, -0.15) is 0 Å². The minimum Gasteiger partial charge on any atom is -0.504 e. The van der Waals surface area contributed by atoms with Crippen LogP contribution in [0.5, 0.6) is 40.2 Å². The summed E-state index contributed by atoms with van der Waals surface area (Å²) < 4.78 is 80.3. The Bertz CT molecular complexity index is 7140. The Morgan fingerprint density at radius 1 is 0.278 bits per heavy atom. The zero-order valence-corrected chi connectivity index (χ0v) is 76.2. The Labute approximate surface area is 772 Å². The topological polar surface area (TPSA) is 230 Å². The van der Waals surface area contributed by atoms with E-state index in [4.69, 9.17) is 23.7 Å². The van der Waals surface area contributed by atoms with E-state index < -0.39 is 12.2 Å². The lowest BCUT2D eigenvalue weighted by Gasteiger charge is -2.13. The average molecular weight is 1790 g/mol. The number of benzene rings is 12. The highest BCUT2D eigenvalue weighted by molar-refractivity contribution is 7.98. The summed E-state index contributed by atoms with van der Waals surface area (Å²) in [6.45, 7) is 36.1. The van der Waals surface area contributed by atoms with Crippen molar-refractivity contribution in [3.05, 3.63) is 421 Å². The smallest absolute Gasteiger partial charge is 0.504 e. The second-order valence-electron chi connectivity index (χ2n) is 30.0. The normalized spacial score (nSPS) is 10.8. The maximum Gasteiger partial charge on any atom is 0.573 e. The molecule has 0 saturated carbocycles. The molecule has 0 fully saturated rings. The number of alkyl halides is 3. The van der Waals surface area contributed by atoms with Gasteiger partial charge in [0.25, 0.3) is 0 Å². The SMILES string of the molecule is C=C(c1ccc(OC(F)(F)F)cc1)c1nc(C)nc2ccccc12.C=C(c1ccc(OC)c(F)c1)c1nc(C)nc2ccccc12.C=C(c1ccc(OC)c(O)c1)c1nc(C)nc2ccccc12.C=C(c1ccc(OC)c(OC)c1)c1nc(C)nc2ccccc12.C=C(c1ccc(OC)cc1)c1nc(C)nc2ccccc12.C=C(c1ccc(SC)cc1)c1nc(C)nc2ccccc12. The van der Waals surface area contributed by atoms with Crippen LogP contribution in [0.2, 0.25) is 0 Å². The number of aromatic hydroxyl groups is 1. The number of methoxy groups -OCH3 is 5. The van der Waals surface area contributed by atoms with Crippen molar-refractivity contribution in [1.29, 1.82) is 0 Å². The molecule has 0 unspecified atom stereocenters. The van der Waals surface area contributed by atoms with Crippen LogP contribution in [0.4, 0.5) is 17.6 Å². The minimum absolute atomic E-state index is 0.0798. The first kappa shape index (κ1) is 94.4. The highest BCUT2D eigenvalue weighted by Gasteiger charge is 2.31. The number of hydrogen-bond acceptors (Lipinski definition) is 20. The molecule has 12 aromatic carbocycles. The van der Waals surface area contributed by atoms with Crippen LogP contribution in [0.15, 0.2) is 317 Å². The Balaban J connectivity index is 0.000000136. The van der Waals surface area contributed by atoms with Gasteiger partial charge < -0.3 is 33.5 Å². The van der Waals surface area contributed by atoms with E-state index in [2.05, 4.69) is 135 Å². The van der Waals surface area contributed by atoms with E-state index in [0.29, 0.717) is 68.4 Å². The molecule has 0 aliphatic carbocycles. The van der Waals surface area contributed by atoms with Gasteiger partial charge in [0.15, 0.2) is 34.6 Å². The standard InChI is InChI=1S/C19H18N2O2.C18H13F3N2O.C18H15FN2O.C18H16N2O2.C18H16N2O.C18H16N2S/c1-12(14-9-10-17(22-3)18(11-14)23-4)19-15-7-5-6-8-16(15)20-13(2)21-19;1-11(13-7-9-14(10-8-13)24-18(19,20)21)17-15-5-3-4-6-16(15)22-12(2)23-17;1-11(13-8-9-17(22-3)15(19)10-13)18-14-6-4-5-7-16(14)20-12(2)21-18;1-11(13-8-9-17(22-3)16(21)10-13)18-14-6-4-5-7-15(14)19-12(2)20-18;2*1-12(14-8-10-15(21-3)11-9-14)18-16-6-4-5-7-17(16)19-13(2)20-18/h5-11H,1H2,2-4H3;3-10H,1H2,2H3;4-10H,1H2,2-3H3;4-10,21H,1H2,2-3H3;2*4-11H,1H2,2-3H3. The third-order valence-corrected chi connectivity index (χ3v) is 21.8. The lowest BCUT2D eigenvalue weighted by Crippen LogP contribution is -2.17. The Hall–Kier alpha value is -16.2. The molecule has 133 heavy (non-hydrogen) atoms. The highest BCUT2D eigenvalue weighted by Crippen LogP contribution is 2.39. The predicted octanol–water partition coefficient (Wildman–Crippen LogP) is 25.5. The number of aryl methyl sites for hydroxylation is 6. The van der Waals surface area contributed by atoms with Gasteiger partial charge in [-0.3, -0.25) is 0 Å². The van der Waals surface area contributed by atoms with Crippen LogP contribution < -0.4 is 28.4 Å². The molecule has 0 atom stereocenters. The molecule has 18 rings (SSSR count). The maximum absolute atomic E-state index is 13.9. The number of hydrogen-bond donors (Lipinski definition) is 1. The van der Waals surface area contributed by atoms with Crippen molar-refractivity contribution in [2.75, 3.05) is 41.8 Å². The van der Waals surface area contributed by atoms with Gasteiger partial charge in [-0.1, -0.05) is 203 Å². The lowest BCUT2D eigenvalue weighted by molar-refractivity contribution is -0.274. The molecule has 666 valence electrons. The molecule has 0 aliphatic rings. The van der Waals surface area contributed by atoms with Crippen LogP contribution in [0.1, 0.15) is 102 Å². The summed E-state index contributed by atoms with van der Waals surface area (Å²) in [5.41, 5.74) is 19.9. The Morgan fingerprint density at radius 2 is 0.526 bits per heavy atom. The molecular weight excluding hydrogens is 1700 g/mol. The van der Waals surface area contributed by atoms with Crippen molar-refractivity contribution in [2.24, 2.45) is 0 Å². The van der Waals surface area contributed by atoms with E-state index in [-0.39, 0.29) is 17.2 Å². The van der Waals surface area contributed by atoms with Gasteiger partial charge in [0.2, 0.25) is 0 Å². The minimum atomic E-state index is -4.71. The number of phenolic OH excluding ortho intramolecular Hbond substituents is 1. The van der Waals surface area contributed by atoms with Crippen LogP contribution in [-0.2, 0) is 0 Å². The summed E-state index contributed by atoms with van der Waals surface area (Å²) >= 11 is 1.73. The van der Waals surface area contributed by atoms with Crippen molar-refractivity contribution in [3.8, 4) is 40.2 Å². The molecule has 1 N–H and O–H groups in total. The monoisotopic (exact) mass is 1790 g/mol. The van der Waals surface area contributed by atoms with Gasteiger partial charge in [0.05, 0.1) is 103 Å². The number of para-hydroxylation sites is 6. The summed E-state index contributed by atoms with van der Waals surface area (Å²) in [4.78, 5) is 55.1. The van der Waals surface area contributed by atoms with E-state index in [1.807, 2.05) is 229 Å². The van der Waals surface area contributed by atoms with Gasteiger partial charge in [0, 0.05) is 70.7 Å². The number of fused-ring (bicyclic) bond motifs is 6. The van der Waals surface area contributed by atoms with Crippen LogP contribution >= 0.6 is 11.8 Å². The molecule has 19 nitrogen and oxygen atoms in total. The van der Waals surface area contributed by atoms with Gasteiger partial charge >= 0.3 is 6.36 Å². The molecular formula is C109H94F4N12O7S. The van der Waals surface area contributed by atoms with Crippen molar-refractivity contribution in [1.82, 2.24) is 59.8 Å². The summed E-state index contributed by atoms with van der Waals surface area (Å²) in [7, 11) is 7.85. The van der Waals surface area contributed by atoms with E-state index in [9.17, 15) is 22.7 Å². The third-order valence-electron chi connectivity index (χ3n) is 21.1. The number of rotatable bonds is 19. The van der Waals surface area contributed by atoms with Crippen LogP contribution in [0.3, 0.4) is 0 Å². The van der Waals surface area contributed by atoms with Gasteiger partial charge in [-0.15, -0.1) is 24.9 Å². The second kappa shape index (κ2) is 42.8. The average Bonchev–Trinajstić information content (AvgIpc) is 0.812. The van der Waals surface area contributed by atoms with E-state index >= 15 is 0 Å². The van der Waals surface area contributed by atoms with E-state index in [1.165, 1.54) is 49.4 Å². The van der Waals surface area contributed by atoms with Crippen LogP contribution in [0, 0.1) is 47.4 Å². The number of ether oxygens (including phenoxy) is 6. The summed E-state index contributed by atoms with van der Waals surface area (Å²) in [5, 5.41) is 15.7. The van der Waals surface area contributed by atoms with Crippen molar-refractivity contribution in [2.45, 2.75) is 52.8 Å². The Kier molecular flexibility index (Phi) is 30.4. The third kappa shape index (κ3) is 22.9. The number of thioether (sulfide) groups is 1. The van der Waals surface area contributed by atoms with Crippen molar-refractivity contribution >= 4 is 111 Å². The molecule has 0 bridgehead atoms. The number of aromatic nitrogens is 12. The fraction of sp³-hybridized carbons (Fsp3) is 0.119. The highest BCUT2D eigenvalue weighted by atomic mass is 32.2. The summed E-state index contributed by atoms with van der Waals surface area (Å²) in [5.74, 6) is 6.39. The van der Waals surface area contributed by atoms with Crippen molar-refractivity contribution in [3.63, 3.8) is 0 Å². The maximum atomic E-state index is 13.9. The Morgan fingerprint density at radius 3 is 0.797 bits per heavy atom. The van der Waals surface area contributed by atoms with E-state index in [1.54, 1.807) is 64.3 Å². The summed E-state index contributed by atoms with van der Waals surface area (Å²) in [6, 6.07) is 84.6. The quantitative estimate of drug-likeness (QED) is 0.0586. The fourth-order valence-electron chi connectivity index (χ4n) is 14.6. The lowest BCUT2D eigenvalue weighted by atomic mass is 10.0. The number of nitrogens with zero attached hydrogens (tertiary/aromatic N) is 12. The van der Waals surface area contributed by atoms with Gasteiger partial charge in [-0.25, -0.2) is 64.2 Å². The molecule has 0 saturated heterocycles. The predicted molar refractivity (Wildman–Crippen MR) is 526 cm³/mol. The molecule has 0 spiro atoms. The van der Waals surface area contributed by atoms with Gasteiger partial charge in [0.1, 0.15) is 46.4 Å². The molecule has 6 aromatic heterocycles. The molecule has 24 heteroatoms. The summed E-state index contributed by atoms with van der Waals surface area (Å²) in [6.07, 6.45) is -2.64. The van der Waals surface area contributed by atoms with Crippen LogP contribution in [0.25, 0.3) is 98.9 Å². The fourth-order valence-corrected chi connectivity index (χ4v) is 15.0. The first-order chi connectivity index (χ1) is 64.0. The van der Waals surface area contributed by atoms with Crippen LogP contribution in [-0.4, -0.2) is 113 Å². The zero-order valence-electron chi connectivity index (χ0n) is 75.4. The molecule has 6 heterocycles. The largest absolute Gasteiger partial charge is 0.573 e.